The van der Waals surface area contributed by atoms with E-state index in [1.165, 1.54) is 15.9 Å². The van der Waals surface area contributed by atoms with Crippen LogP contribution in [0.4, 0.5) is 4.39 Å². The van der Waals surface area contributed by atoms with Gasteiger partial charge in [0.15, 0.2) is 0 Å². The molecule has 2 amide bonds. The predicted molar refractivity (Wildman–Crippen MR) is 67.2 cm³/mol. The van der Waals surface area contributed by atoms with Crippen LogP contribution >= 0.6 is 15.9 Å². The molecule has 6 heteroatoms. The maximum atomic E-state index is 13.1. The zero-order valence-electron chi connectivity index (χ0n) is 9.82. The molecule has 0 N–H and O–H groups in total. The fourth-order valence-electron chi connectivity index (χ4n) is 1.78. The summed E-state index contributed by atoms with van der Waals surface area (Å²) < 4.78 is 13.4. The highest BCUT2D eigenvalue weighted by molar-refractivity contribution is 9.10. The van der Waals surface area contributed by atoms with Crippen LogP contribution in [0.5, 0.6) is 0 Å². The van der Waals surface area contributed by atoms with Crippen molar-refractivity contribution in [3.63, 3.8) is 0 Å². The van der Waals surface area contributed by atoms with E-state index in [2.05, 4.69) is 15.9 Å². The fourth-order valence-corrected chi connectivity index (χ4v) is 2.21. The lowest BCUT2D eigenvalue weighted by molar-refractivity contribution is -0.155. The van der Waals surface area contributed by atoms with E-state index in [-0.39, 0.29) is 5.82 Å². The Balaban J connectivity index is 2.12. The summed E-state index contributed by atoms with van der Waals surface area (Å²) in [6.07, 6.45) is 0. The monoisotopic (exact) mass is 314 g/mol. The molecule has 0 saturated carbocycles. The molecule has 4 nitrogen and oxygen atoms in total. The van der Waals surface area contributed by atoms with Crippen LogP contribution in [0.3, 0.4) is 0 Å². The number of piperazine rings is 1. The molecule has 96 valence electrons. The first kappa shape index (κ1) is 13.0. The molecular formula is C12H12BrFN2O2. The van der Waals surface area contributed by atoms with Gasteiger partial charge < -0.3 is 9.80 Å². The number of hydrogen-bond donors (Lipinski definition) is 0. The van der Waals surface area contributed by atoms with Gasteiger partial charge >= 0.3 is 11.8 Å². The SMILES string of the molecule is CN1CCN(Cc2ccc(F)c(Br)c2)C(=O)C1=O. The highest BCUT2D eigenvalue weighted by atomic mass is 79.9. The van der Waals surface area contributed by atoms with E-state index >= 15 is 0 Å². The van der Waals surface area contributed by atoms with Crippen molar-refractivity contribution in [2.24, 2.45) is 0 Å². The van der Waals surface area contributed by atoms with Crippen LogP contribution in [0.25, 0.3) is 0 Å². The van der Waals surface area contributed by atoms with Gasteiger partial charge in [-0.25, -0.2) is 4.39 Å². The first-order valence-electron chi connectivity index (χ1n) is 5.47. The predicted octanol–water partition coefficient (Wildman–Crippen LogP) is 1.39. The van der Waals surface area contributed by atoms with Crippen LogP contribution in [-0.2, 0) is 16.1 Å². The molecule has 1 heterocycles. The van der Waals surface area contributed by atoms with E-state index < -0.39 is 11.8 Å². The van der Waals surface area contributed by atoms with Crippen molar-refractivity contribution in [2.45, 2.75) is 6.54 Å². The summed E-state index contributed by atoms with van der Waals surface area (Å²) in [7, 11) is 1.60. The minimum absolute atomic E-state index is 0.317. The minimum atomic E-state index is -0.510. The van der Waals surface area contributed by atoms with Crippen molar-refractivity contribution in [3.8, 4) is 0 Å². The number of nitrogens with zero attached hydrogens (tertiary/aromatic N) is 2. The highest BCUT2D eigenvalue weighted by Crippen LogP contribution is 2.18. The molecule has 0 radical (unpaired) electrons. The highest BCUT2D eigenvalue weighted by Gasteiger charge is 2.30. The molecule has 0 bridgehead atoms. The van der Waals surface area contributed by atoms with Crippen molar-refractivity contribution < 1.29 is 14.0 Å². The van der Waals surface area contributed by atoms with Gasteiger partial charge in [0.1, 0.15) is 5.82 Å². The van der Waals surface area contributed by atoms with Crippen LogP contribution < -0.4 is 0 Å². The number of hydrogen-bond acceptors (Lipinski definition) is 2. The standard InChI is InChI=1S/C12H12BrFN2O2/c1-15-4-5-16(12(18)11(15)17)7-8-2-3-10(14)9(13)6-8/h2-3,6H,4-5,7H2,1H3. The van der Waals surface area contributed by atoms with Gasteiger partial charge in [0.2, 0.25) is 0 Å². The Bertz CT molecular complexity index is 507. The van der Waals surface area contributed by atoms with Crippen LogP contribution in [0.1, 0.15) is 5.56 Å². The summed E-state index contributed by atoms with van der Waals surface area (Å²) >= 11 is 3.09. The number of benzene rings is 1. The number of rotatable bonds is 2. The normalized spacial score (nSPS) is 16.4. The quantitative estimate of drug-likeness (QED) is 0.774. The van der Waals surface area contributed by atoms with E-state index in [0.29, 0.717) is 24.1 Å². The first-order valence-corrected chi connectivity index (χ1v) is 6.26. The van der Waals surface area contributed by atoms with Crippen molar-refractivity contribution in [3.05, 3.63) is 34.1 Å². The molecule has 0 aliphatic carbocycles. The summed E-state index contributed by atoms with van der Waals surface area (Å²) in [4.78, 5) is 26.1. The van der Waals surface area contributed by atoms with Crippen LogP contribution in [-0.4, -0.2) is 41.8 Å². The number of amides is 2. The van der Waals surface area contributed by atoms with Gasteiger partial charge in [0.25, 0.3) is 0 Å². The van der Waals surface area contributed by atoms with Crippen molar-refractivity contribution >= 4 is 27.7 Å². The molecular weight excluding hydrogens is 303 g/mol. The number of likely N-dealkylation sites (N-methyl/N-ethyl adjacent to an activating group) is 1. The lowest BCUT2D eigenvalue weighted by atomic mass is 10.2. The van der Waals surface area contributed by atoms with Gasteiger partial charge in [-0.15, -0.1) is 0 Å². The molecule has 0 atom stereocenters. The summed E-state index contributed by atoms with van der Waals surface area (Å²) in [5.74, 6) is -1.36. The van der Waals surface area contributed by atoms with Crippen molar-refractivity contribution in [2.75, 3.05) is 20.1 Å². The first-order chi connectivity index (χ1) is 8.49. The third kappa shape index (κ3) is 2.53. The Morgan fingerprint density at radius 1 is 1.28 bits per heavy atom. The molecule has 2 rings (SSSR count). The van der Waals surface area contributed by atoms with Gasteiger partial charge in [-0.1, -0.05) is 6.07 Å². The number of halogens is 2. The summed E-state index contributed by atoms with van der Waals surface area (Å²) in [5.41, 5.74) is 0.786. The Kier molecular flexibility index (Phi) is 3.65. The van der Waals surface area contributed by atoms with Crippen LogP contribution in [0, 0.1) is 5.82 Å². The second kappa shape index (κ2) is 5.06. The fraction of sp³-hybridized carbons (Fsp3) is 0.333. The van der Waals surface area contributed by atoms with Crippen molar-refractivity contribution in [1.29, 1.82) is 0 Å². The van der Waals surface area contributed by atoms with E-state index in [4.69, 9.17) is 0 Å². The third-order valence-corrected chi connectivity index (χ3v) is 3.49. The summed E-state index contributed by atoms with van der Waals surface area (Å²) in [5, 5.41) is 0. The zero-order chi connectivity index (χ0) is 13.3. The Hall–Kier alpha value is -1.43. The van der Waals surface area contributed by atoms with Gasteiger partial charge in [0.05, 0.1) is 4.47 Å². The molecule has 1 aliphatic rings. The second-order valence-electron chi connectivity index (χ2n) is 4.20. The summed E-state index contributed by atoms with van der Waals surface area (Å²) in [6.45, 7) is 1.33. The molecule has 0 aromatic heterocycles. The maximum Gasteiger partial charge on any atom is 0.312 e. The lowest BCUT2D eigenvalue weighted by Gasteiger charge is -2.31. The molecule has 1 fully saturated rings. The molecule has 18 heavy (non-hydrogen) atoms. The second-order valence-corrected chi connectivity index (χ2v) is 5.06. The lowest BCUT2D eigenvalue weighted by Crippen LogP contribution is -2.52. The van der Waals surface area contributed by atoms with Gasteiger partial charge in [-0.3, -0.25) is 9.59 Å². The third-order valence-electron chi connectivity index (χ3n) is 2.88. The Labute approximate surface area is 112 Å². The van der Waals surface area contributed by atoms with E-state index in [9.17, 15) is 14.0 Å². The van der Waals surface area contributed by atoms with Crippen LogP contribution in [0.2, 0.25) is 0 Å². The van der Waals surface area contributed by atoms with Crippen LogP contribution in [0.15, 0.2) is 22.7 Å². The van der Waals surface area contributed by atoms with E-state index in [0.717, 1.165) is 5.56 Å². The number of carbonyl (C=O) groups is 2. The molecule has 0 spiro atoms. The van der Waals surface area contributed by atoms with E-state index in [1.807, 2.05) is 0 Å². The number of carbonyl (C=O) groups excluding carboxylic acids is 2. The molecule has 0 unspecified atom stereocenters. The Morgan fingerprint density at radius 2 is 2.00 bits per heavy atom. The summed E-state index contributed by atoms with van der Waals surface area (Å²) in [6, 6.07) is 4.56. The topological polar surface area (TPSA) is 40.6 Å². The average molecular weight is 315 g/mol. The molecule has 1 aromatic carbocycles. The Morgan fingerprint density at radius 3 is 2.67 bits per heavy atom. The minimum Gasteiger partial charge on any atom is -0.336 e. The van der Waals surface area contributed by atoms with Gasteiger partial charge in [0, 0.05) is 26.7 Å². The maximum absolute atomic E-state index is 13.1. The zero-order valence-corrected chi connectivity index (χ0v) is 11.4. The largest absolute Gasteiger partial charge is 0.336 e. The van der Waals surface area contributed by atoms with Crippen molar-refractivity contribution in [1.82, 2.24) is 9.80 Å². The molecule has 1 saturated heterocycles. The van der Waals surface area contributed by atoms with E-state index in [1.54, 1.807) is 19.2 Å². The average Bonchev–Trinajstić information content (AvgIpc) is 2.34. The van der Waals surface area contributed by atoms with Gasteiger partial charge in [-0.05, 0) is 33.6 Å². The molecule has 1 aliphatic heterocycles. The molecule has 1 aromatic rings. The smallest absolute Gasteiger partial charge is 0.312 e. The van der Waals surface area contributed by atoms with Gasteiger partial charge in [-0.2, -0.15) is 0 Å².